The van der Waals surface area contributed by atoms with E-state index in [1.807, 2.05) is 0 Å². The summed E-state index contributed by atoms with van der Waals surface area (Å²) >= 11 is 11.8. The number of nitrogens with zero attached hydrogens (tertiary/aromatic N) is 1. The molecule has 0 aliphatic carbocycles. The van der Waals surface area contributed by atoms with E-state index in [9.17, 15) is 13.2 Å². The molecule has 1 unspecified atom stereocenters. The van der Waals surface area contributed by atoms with Gasteiger partial charge in [0.05, 0.1) is 27.3 Å². The van der Waals surface area contributed by atoms with Crippen molar-refractivity contribution in [3.8, 4) is 0 Å². The lowest BCUT2D eigenvalue weighted by Crippen LogP contribution is -2.30. The van der Waals surface area contributed by atoms with E-state index in [0.717, 1.165) is 12.1 Å². The number of aromatic nitrogens is 1. The second-order valence-corrected chi connectivity index (χ2v) is 5.09. The van der Waals surface area contributed by atoms with Crippen molar-refractivity contribution in [2.75, 3.05) is 0 Å². The lowest BCUT2D eigenvalue weighted by molar-refractivity contribution is -0.137. The summed E-state index contributed by atoms with van der Waals surface area (Å²) in [6, 6.07) is 5.45. The first-order valence-electron chi connectivity index (χ1n) is 5.77. The summed E-state index contributed by atoms with van der Waals surface area (Å²) in [6.45, 7) is 0. The maximum atomic E-state index is 12.8. The molecule has 1 heterocycles. The molecule has 0 amide bonds. The zero-order chi connectivity index (χ0) is 15.6. The van der Waals surface area contributed by atoms with Gasteiger partial charge < -0.3 is 0 Å². The van der Waals surface area contributed by atoms with Gasteiger partial charge in [-0.1, -0.05) is 35.3 Å². The third-order valence-electron chi connectivity index (χ3n) is 2.82. The fourth-order valence-corrected chi connectivity index (χ4v) is 2.35. The van der Waals surface area contributed by atoms with Crippen LogP contribution in [0.25, 0.3) is 0 Å². The predicted molar refractivity (Wildman–Crippen MR) is 74.9 cm³/mol. The van der Waals surface area contributed by atoms with Gasteiger partial charge in [0.1, 0.15) is 0 Å². The molecule has 3 nitrogen and oxygen atoms in total. The number of nitrogens with one attached hydrogen (secondary N) is 1. The standard InChI is InChI=1S/C13H10Cl2F3N3/c14-9-5-10(15)12(20-6-9)11(21-19)7-2-1-3-8(4-7)13(16,17)18/h1-6,11,21H,19H2. The molecular weight excluding hydrogens is 326 g/mol. The topological polar surface area (TPSA) is 50.9 Å². The second-order valence-electron chi connectivity index (χ2n) is 4.24. The van der Waals surface area contributed by atoms with Crippen LogP contribution in [0.15, 0.2) is 36.5 Å². The summed E-state index contributed by atoms with van der Waals surface area (Å²) in [5, 5.41) is 0.534. The molecule has 1 atom stereocenters. The smallest absolute Gasteiger partial charge is 0.271 e. The normalized spacial score (nSPS) is 13.2. The predicted octanol–water partition coefficient (Wildman–Crippen LogP) is 3.96. The highest BCUT2D eigenvalue weighted by atomic mass is 35.5. The molecule has 0 saturated heterocycles. The van der Waals surface area contributed by atoms with Crippen LogP contribution in [0.3, 0.4) is 0 Å². The van der Waals surface area contributed by atoms with Crippen LogP contribution in [0.4, 0.5) is 13.2 Å². The van der Waals surface area contributed by atoms with Gasteiger partial charge in [0.2, 0.25) is 0 Å². The maximum Gasteiger partial charge on any atom is 0.416 e. The zero-order valence-electron chi connectivity index (χ0n) is 10.5. The van der Waals surface area contributed by atoms with Crippen LogP contribution in [-0.4, -0.2) is 4.98 Å². The summed E-state index contributed by atoms with van der Waals surface area (Å²) in [7, 11) is 0. The molecule has 0 spiro atoms. The number of pyridine rings is 1. The molecule has 1 aromatic heterocycles. The second kappa shape index (κ2) is 6.19. The highest BCUT2D eigenvalue weighted by Gasteiger charge is 2.31. The Kier molecular flexibility index (Phi) is 4.73. The molecule has 0 saturated carbocycles. The molecule has 0 bridgehead atoms. The van der Waals surface area contributed by atoms with Crippen LogP contribution in [0.5, 0.6) is 0 Å². The first kappa shape index (κ1) is 16.0. The van der Waals surface area contributed by atoms with Crippen molar-refractivity contribution in [1.82, 2.24) is 10.4 Å². The molecule has 0 aliphatic rings. The number of nitrogens with two attached hydrogens (primary N) is 1. The Labute approximate surface area is 128 Å². The average Bonchev–Trinajstić information content (AvgIpc) is 2.41. The Balaban J connectivity index is 2.47. The summed E-state index contributed by atoms with van der Waals surface area (Å²) in [4.78, 5) is 4.03. The average molecular weight is 336 g/mol. The molecule has 112 valence electrons. The van der Waals surface area contributed by atoms with Crippen LogP contribution in [0.1, 0.15) is 22.9 Å². The van der Waals surface area contributed by atoms with Crippen LogP contribution in [-0.2, 0) is 6.18 Å². The number of alkyl halides is 3. The summed E-state index contributed by atoms with van der Waals surface area (Å²) in [5.74, 6) is 5.44. The summed E-state index contributed by atoms with van der Waals surface area (Å²) in [5.41, 5.74) is 2.23. The van der Waals surface area contributed by atoms with E-state index in [1.165, 1.54) is 24.4 Å². The van der Waals surface area contributed by atoms with E-state index < -0.39 is 17.8 Å². The van der Waals surface area contributed by atoms with E-state index in [4.69, 9.17) is 29.0 Å². The Morgan fingerprint density at radius 3 is 2.48 bits per heavy atom. The minimum absolute atomic E-state index is 0.211. The van der Waals surface area contributed by atoms with Crippen LogP contribution in [0.2, 0.25) is 10.0 Å². The Hall–Kier alpha value is -1.34. The summed E-state index contributed by atoms with van der Waals surface area (Å²) < 4.78 is 38.3. The molecule has 2 aromatic rings. The molecule has 0 aliphatic heterocycles. The Bertz CT molecular complexity index is 647. The molecular formula is C13H10Cl2F3N3. The van der Waals surface area contributed by atoms with E-state index in [2.05, 4.69) is 10.4 Å². The Morgan fingerprint density at radius 2 is 1.90 bits per heavy atom. The monoisotopic (exact) mass is 335 g/mol. The highest BCUT2D eigenvalue weighted by molar-refractivity contribution is 6.34. The number of hydrazine groups is 1. The first-order valence-corrected chi connectivity index (χ1v) is 6.52. The number of rotatable bonds is 3. The van der Waals surface area contributed by atoms with Crippen molar-refractivity contribution in [2.45, 2.75) is 12.2 Å². The highest BCUT2D eigenvalue weighted by Crippen LogP contribution is 2.33. The molecule has 0 fully saturated rings. The van der Waals surface area contributed by atoms with E-state index in [-0.39, 0.29) is 5.02 Å². The van der Waals surface area contributed by atoms with Gasteiger partial charge in [-0.3, -0.25) is 10.8 Å². The lowest BCUT2D eigenvalue weighted by atomic mass is 10.0. The van der Waals surface area contributed by atoms with Crippen molar-refractivity contribution >= 4 is 23.2 Å². The molecule has 2 rings (SSSR count). The SMILES string of the molecule is NNC(c1cccc(C(F)(F)F)c1)c1ncc(Cl)cc1Cl. The molecule has 0 radical (unpaired) electrons. The van der Waals surface area contributed by atoms with Gasteiger partial charge in [0.15, 0.2) is 0 Å². The number of hydrogen-bond acceptors (Lipinski definition) is 3. The van der Waals surface area contributed by atoms with Crippen LogP contribution in [0, 0.1) is 0 Å². The molecule has 3 N–H and O–H groups in total. The van der Waals surface area contributed by atoms with Crippen molar-refractivity contribution in [3.63, 3.8) is 0 Å². The molecule has 21 heavy (non-hydrogen) atoms. The van der Waals surface area contributed by atoms with Crippen molar-refractivity contribution in [1.29, 1.82) is 0 Å². The molecule has 1 aromatic carbocycles. The third-order valence-corrected chi connectivity index (χ3v) is 3.33. The third kappa shape index (κ3) is 3.65. The van der Waals surface area contributed by atoms with Gasteiger partial charge in [-0.05, 0) is 23.8 Å². The van der Waals surface area contributed by atoms with Gasteiger partial charge in [-0.15, -0.1) is 0 Å². The lowest BCUT2D eigenvalue weighted by Gasteiger charge is -2.18. The zero-order valence-corrected chi connectivity index (χ0v) is 12.0. The van der Waals surface area contributed by atoms with Crippen LogP contribution < -0.4 is 11.3 Å². The van der Waals surface area contributed by atoms with Gasteiger partial charge >= 0.3 is 6.18 Å². The van der Waals surface area contributed by atoms with Gasteiger partial charge in [-0.2, -0.15) is 13.2 Å². The summed E-state index contributed by atoms with van der Waals surface area (Å²) in [6.07, 6.45) is -3.09. The van der Waals surface area contributed by atoms with E-state index >= 15 is 0 Å². The number of hydrogen-bond donors (Lipinski definition) is 2. The van der Waals surface area contributed by atoms with Crippen molar-refractivity contribution in [3.05, 3.63) is 63.4 Å². The van der Waals surface area contributed by atoms with Gasteiger partial charge in [0, 0.05) is 6.20 Å². The van der Waals surface area contributed by atoms with Crippen LogP contribution >= 0.6 is 23.2 Å². The van der Waals surface area contributed by atoms with Gasteiger partial charge in [0.25, 0.3) is 0 Å². The Morgan fingerprint density at radius 1 is 1.19 bits per heavy atom. The molecule has 8 heteroatoms. The largest absolute Gasteiger partial charge is 0.416 e. The van der Waals surface area contributed by atoms with Crippen molar-refractivity contribution < 1.29 is 13.2 Å². The van der Waals surface area contributed by atoms with E-state index in [1.54, 1.807) is 0 Å². The fraction of sp³-hybridized carbons (Fsp3) is 0.154. The minimum atomic E-state index is -4.44. The number of halogens is 5. The van der Waals surface area contributed by atoms with Gasteiger partial charge in [-0.25, -0.2) is 5.43 Å². The number of benzene rings is 1. The van der Waals surface area contributed by atoms with E-state index in [0.29, 0.717) is 16.3 Å². The fourth-order valence-electron chi connectivity index (χ4n) is 1.87. The first-order chi connectivity index (χ1) is 9.82. The maximum absolute atomic E-state index is 12.8. The minimum Gasteiger partial charge on any atom is -0.271 e. The van der Waals surface area contributed by atoms with Crippen molar-refractivity contribution in [2.24, 2.45) is 5.84 Å². The quantitative estimate of drug-likeness (QED) is 0.659.